The Balaban J connectivity index is 1.62. The molecule has 1 amide bonds. The molecule has 0 unspecified atom stereocenters. The quantitative estimate of drug-likeness (QED) is 0.624. The Bertz CT molecular complexity index is 978. The number of carbonyl (C=O) groups excluding carboxylic acids is 1. The van der Waals surface area contributed by atoms with E-state index < -0.39 is 10.0 Å². The fraction of sp³-hybridized carbons (Fsp3) is 0.381. The summed E-state index contributed by atoms with van der Waals surface area (Å²) in [4.78, 5) is 14.8. The van der Waals surface area contributed by atoms with Crippen LogP contribution in [-0.4, -0.2) is 65.7 Å². The first-order valence-corrected chi connectivity index (χ1v) is 11.6. The van der Waals surface area contributed by atoms with Crippen molar-refractivity contribution in [1.82, 2.24) is 10.2 Å². The van der Waals surface area contributed by atoms with E-state index in [9.17, 15) is 13.2 Å². The molecular weight excluding hydrogens is 426 g/mol. The van der Waals surface area contributed by atoms with Crippen LogP contribution in [-0.2, 0) is 14.8 Å². The number of hydrogen-bond acceptors (Lipinski definition) is 5. The minimum atomic E-state index is -3.83. The summed E-state index contributed by atoms with van der Waals surface area (Å²) >= 11 is 5.98. The predicted molar refractivity (Wildman–Crippen MR) is 118 cm³/mol. The maximum Gasteiger partial charge on any atom is 0.264 e. The van der Waals surface area contributed by atoms with Gasteiger partial charge >= 0.3 is 0 Å². The highest BCUT2D eigenvalue weighted by atomic mass is 35.5. The molecule has 162 valence electrons. The summed E-state index contributed by atoms with van der Waals surface area (Å²) in [5.74, 6) is -0.292. The van der Waals surface area contributed by atoms with Gasteiger partial charge in [0.05, 0.1) is 23.8 Å². The van der Waals surface area contributed by atoms with Gasteiger partial charge in [-0.05, 0) is 49.4 Å². The van der Waals surface area contributed by atoms with Gasteiger partial charge in [0, 0.05) is 37.3 Å². The third-order valence-corrected chi connectivity index (χ3v) is 6.98. The highest BCUT2D eigenvalue weighted by Gasteiger charge is 2.22. The zero-order chi connectivity index (χ0) is 21.6. The van der Waals surface area contributed by atoms with Crippen molar-refractivity contribution < 1.29 is 17.9 Å². The van der Waals surface area contributed by atoms with Crippen molar-refractivity contribution in [2.24, 2.45) is 0 Å². The SMILES string of the molecule is CN(c1cccc(Cl)c1)S(=O)(=O)c1cccc(C(=O)NCCCN2CCOCC2)c1. The van der Waals surface area contributed by atoms with Crippen molar-refractivity contribution in [2.45, 2.75) is 11.3 Å². The number of carbonyl (C=O) groups is 1. The third kappa shape index (κ3) is 5.72. The molecule has 1 aliphatic rings. The molecule has 3 rings (SSSR count). The third-order valence-electron chi connectivity index (χ3n) is 4.97. The van der Waals surface area contributed by atoms with Gasteiger partial charge in [0.15, 0.2) is 0 Å². The zero-order valence-corrected chi connectivity index (χ0v) is 18.5. The first kappa shape index (κ1) is 22.6. The number of anilines is 1. The lowest BCUT2D eigenvalue weighted by molar-refractivity contribution is 0.0374. The molecule has 0 atom stereocenters. The van der Waals surface area contributed by atoms with E-state index in [4.69, 9.17) is 16.3 Å². The number of halogens is 1. The normalized spacial score (nSPS) is 15.0. The lowest BCUT2D eigenvalue weighted by atomic mass is 10.2. The maximum absolute atomic E-state index is 13.0. The first-order valence-electron chi connectivity index (χ1n) is 9.81. The van der Waals surface area contributed by atoms with Crippen LogP contribution in [0.15, 0.2) is 53.4 Å². The van der Waals surface area contributed by atoms with Gasteiger partial charge in [-0.25, -0.2) is 8.42 Å². The fourth-order valence-electron chi connectivity index (χ4n) is 3.20. The zero-order valence-electron chi connectivity index (χ0n) is 16.9. The average molecular weight is 452 g/mol. The molecular formula is C21H26ClN3O4S. The predicted octanol–water partition coefficient (Wildman–Crippen LogP) is 2.62. The smallest absolute Gasteiger partial charge is 0.264 e. The number of sulfonamides is 1. The van der Waals surface area contributed by atoms with Crippen LogP contribution in [0.2, 0.25) is 5.02 Å². The van der Waals surface area contributed by atoms with Crippen LogP contribution in [0, 0.1) is 0 Å². The first-order chi connectivity index (χ1) is 14.4. The number of nitrogens with zero attached hydrogens (tertiary/aromatic N) is 2. The van der Waals surface area contributed by atoms with E-state index in [-0.39, 0.29) is 10.8 Å². The van der Waals surface area contributed by atoms with Crippen LogP contribution < -0.4 is 9.62 Å². The number of ether oxygens (including phenoxy) is 1. The van der Waals surface area contributed by atoms with E-state index in [1.54, 1.807) is 36.4 Å². The average Bonchev–Trinajstić information content (AvgIpc) is 2.77. The Labute approximate surface area is 182 Å². The Morgan fingerprint density at radius 2 is 1.90 bits per heavy atom. The number of hydrogen-bond donors (Lipinski definition) is 1. The van der Waals surface area contributed by atoms with E-state index in [1.807, 2.05) is 0 Å². The van der Waals surface area contributed by atoms with E-state index >= 15 is 0 Å². The van der Waals surface area contributed by atoms with Gasteiger partial charge in [0.25, 0.3) is 15.9 Å². The maximum atomic E-state index is 13.0. The van der Waals surface area contributed by atoms with Gasteiger partial charge in [0.1, 0.15) is 0 Å². The number of benzene rings is 2. The minimum Gasteiger partial charge on any atom is -0.379 e. The summed E-state index contributed by atoms with van der Waals surface area (Å²) in [7, 11) is -2.37. The molecule has 0 aromatic heterocycles. The van der Waals surface area contributed by atoms with Crippen molar-refractivity contribution in [3.05, 3.63) is 59.1 Å². The highest BCUT2D eigenvalue weighted by Crippen LogP contribution is 2.25. The van der Waals surface area contributed by atoms with Crippen molar-refractivity contribution in [1.29, 1.82) is 0 Å². The van der Waals surface area contributed by atoms with Gasteiger partial charge < -0.3 is 10.1 Å². The lowest BCUT2D eigenvalue weighted by Crippen LogP contribution is -2.38. The molecule has 0 aliphatic carbocycles. The summed E-state index contributed by atoms with van der Waals surface area (Å²) < 4.78 is 32.5. The topological polar surface area (TPSA) is 79.0 Å². The van der Waals surface area contributed by atoms with Crippen LogP contribution in [0.3, 0.4) is 0 Å². The summed E-state index contributed by atoms with van der Waals surface area (Å²) in [5.41, 5.74) is 0.752. The van der Waals surface area contributed by atoms with Gasteiger partial charge in [0.2, 0.25) is 0 Å². The molecule has 0 bridgehead atoms. The van der Waals surface area contributed by atoms with E-state index in [0.717, 1.165) is 43.6 Å². The molecule has 1 heterocycles. The summed E-state index contributed by atoms with van der Waals surface area (Å²) in [5, 5.41) is 3.31. The Kier molecular flexibility index (Phi) is 7.71. The molecule has 30 heavy (non-hydrogen) atoms. The second kappa shape index (κ2) is 10.3. The lowest BCUT2D eigenvalue weighted by Gasteiger charge is -2.26. The van der Waals surface area contributed by atoms with Gasteiger partial charge in [-0.2, -0.15) is 0 Å². The van der Waals surface area contributed by atoms with Crippen molar-refractivity contribution in [3.63, 3.8) is 0 Å². The monoisotopic (exact) mass is 451 g/mol. The summed E-state index contributed by atoms with van der Waals surface area (Å²) in [6, 6.07) is 12.6. The Morgan fingerprint density at radius 3 is 2.63 bits per heavy atom. The van der Waals surface area contributed by atoms with E-state index in [1.165, 1.54) is 19.2 Å². The highest BCUT2D eigenvalue weighted by molar-refractivity contribution is 7.92. The largest absolute Gasteiger partial charge is 0.379 e. The van der Waals surface area contributed by atoms with Crippen LogP contribution in [0.25, 0.3) is 0 Å². The van der Waals surface area contributed by atoms with Crippen LogP contribution in [0.5, 0.6) is 0 Å². The fourth-order valence-corrected chi connectivity index (χ4v) is 4.62. The van der Waals surface area contributed by atoms with Crippen molar-refractivity contribution in [3.8, 4) is 0 Å². The molecule has 1 fully saturated rings. The molecule has 1 saturated heterocycles. The second-order valence-electron chi connectivity index (χ2n) is 7.04. The molecule has 9 heteroatoms. The Hall–Kier alpha value is -2.13. The van der Waals surface area contributed by atoms with Crippen molar-refractivity contribution in [2.75, 3.05) is 50.7 Å². The van der Waals surface area contributed by atoms with E-state index in [0.29, 0.717) is 22.8 Å². The summed E-state index contributed by atoms with van der Waals surface area (Å²) in [6.07, 6.45) is 0.821. The van der Waals surface area contributed by atoms with Gasteiger partial charge in [-0.15, -0.1) is 0 Å². The molecule has 0 spiro atoms. The number of nitrogens with one attached hydrogen (secondary N) is 1. The molecule has 1 aliphatic heterocycles. The molecule has 2 aromatic rings. The van der Waals surface area contributed by atoms with Crippen molar-refractivity contribution >= 4 is 33.2 Å². The van der Waals surface area contributed by atoms with Gasteiger partial charge in [-0.3, -0.25) is 14.0 Å². The van der Waals surface area contributed by atoms with Crippen LogP contribution >= 0.6 is 11.6 Å². The molecule has 2 aromatic carbocycles. The Morgan fingerprint density at radius 1 is 1.17 bits per heavy atom. The number of morpholine rings is 1. The molecule has 1 N–H and O–H groups in total. The van der Waals surface area contributed by atoms with Gasteiger partial charge in [-0.1, -0.05) is 23.7 Å². The second-order valence-corrected chi connectivity index (χ2v) is 9.45. The summed E-state index contributed by atoms with van der Waals surface area (Å²) in [6.45, 7) is 4.73. The standard InChI is InChI=1S/C21H26ClN3O4S/c1-24(19-7-3-6-18(22)16-19)30(27,28)20-8-2-5-17(15-20)21(26)23-9-4-10-25-11-13-29-14-12-25/h2-3,5-8,15-16H,4,9-14H2,1H3,(H,23,26). The number of rotatable bonds is 8. The number of amides is 1. The minimum absolute atomic E-state index is 0.0472. The molecule has 0 radical (unpaired) electrons. The van der Waals surface area contributed by atoms with E-state index in [2.05, 4.69) is 10.2 Å². The van der Waals surface area contributed by atoms with Crippen LogP contribution in [0.4, 0.5) is 5.69 Å². The molecule has 7 nitrogen and oxygen atoms in total. The molecule has 0 saturated carbocycles. The van der Waals surface area contributed by atoms with Crippen LogP contribution in [0.1, 0.15) is 16.8 Å².